The Balaban J connectivity index is 1.50. The van der Waals surface area contributed by atoms with E-state index in [0.29, 0.717) is 5.92 Å². The summed E-state index contributed by atoms with van der Waals surface area (Å²) in [6, 6.07) is 0. The van der Waals surface area contributed by atoms with Crippen LogP contribution in [0.15, 0.2) is 0 Å². The zero-order valence-corrected chi connectivity index (χ0v) is 7.84. The van der Waals surface area contributed by atoms with Gasteiger partial charge in [-0.15, -0.1) is 0 Å². The van der Waals surface area contributed by atoms with Crippen molar-refractivity contribution in [3.8, 4) is 0 Å². The predicted octanol–water partition coefficient (Wildman–Crippen LogP) is 2.73. The van der Waals surface area contributed by atoms with Gasteiger partial charge in [0.05, 0.1) is 6.10 Å². The van der Waals surface area contributed by atoms with E-state index >= 15 is 0 Å². The molecule has 0 aromatic carbocycles. The van der Waals surface area contributed by atoms with E-state index in [0.717, 1.165) is 12.3 Å². The van der Waals surface area contributed by atoms with Crippen LogP contribution in [0.25, 0.3) is 0 Å². The van der Waals surface area contributed by atoms with Crippen LogP contribution in [0.1, 0.15) is 51.4 Å². The minimum atomic E-state index is 0.0615. The molecule has 0 aliphatic heterocycles. The van der Waals surface area contributed by atoms with Crippen LogP contribution in [0.5, 0.6) is 0 Å². The van der Waals surface area contributed by atoms with E-state index in [1.54, 1.807) is 0 Å². The summed E-state index contributed by atoms with van der Waals surface area (Å²) in [6.45, 7) is 0. The van der Waals surface area contributed by atoms with Crippen LogP contribution in [0, 0.1) is 11.8 Å². The Bertz CT molecular complexity index is 140. The summed E-state index contributed by atoms with van der Waals surface area (Å²) < 4.78 is 0. The molecule has 1 heteroatoms. The number of hydrogen-bond donors (Lipinski definition) is 1. The third kappa shape index (κ3) is 1.82. The van der Waals surface area contributed by atoms with E-state index in [1.165, 1.54) is 44.9 Å². The third-order valence-corrected chi connectivity index (χ3v) is 3.79. The summed E-state index contributed by atoms with van der Waals surface area (Å²) in [5, 5.41) is 9.34. The Labute approximate surface area is 75.2 Å². The summed E-state index contributed by atoms with van der Waals surface area (Å²) in [5.74, 6) is 1.73. The molecule has 70 valence electrons. The van der Waals surface area contributed by atoms with Gasteiger partial charge in [-0.2, -0.15) is 0 Å². The topological polar surface area (TPSA) is 20.2 Å². The first-order chi connectivity index (χ1) is 5.86. The molecule has 0 radical (unpaired) electrons. The molecule has 12 heavy (non-hydrogen) atoms. The van der Waals surface area contributed by atoms with Gasteiger partial charge in [0.15, 0.2) is 0 Å². The van der Waals surface area contributed by atoms with Gasteiger partial charge in [0, 0.05) is 0 Å². The third-order valence-electron chi connectivity index (χ3n) is 3.79. The molecule has 0 saturated heterocycles. The Morgan fingerprint density at radius 1 is 1.00 bits per heavy atom. The van der Waals surface area contributed by atoms with Crippen molar-refractivity contribution in [1.82, 2.24) is 0 Å². The van der Waals surface area contributed by atoms with Crippen molar-refractivity contribution in [3.05, 3.63) is 0 Å². The molecule has 2 aliphatic rings. The first kappa shape index (κ1) is 8.55. The maximum atomic E-state index is 9.34. The fraction of sp³-hybridized carbons (Fsp3) is 1.00. The van der Waals surface area contributed by atoms with Gasteiger partial charge in [-0.25, -0.2) is 0 Å². The van der Waals surface area contributed by atoms with Gasteiger partial charge in [-0.3, -0.25) is 0 Å². The molecule has 2 atom stereocenters. The number of hydrogen-bond acceptors (Lipinski definition) is 1. The maximum absolute atomic E-state index is 9.34. The highest BCUT2D eigenvalue weighted by molar-refractivity contribution is 4.80. The van der Waals surface area contributed by atoms with Crippen molar-refractivity contribution in [2.24, 2.45) is 11.8 Å². The highest BCUT2D eigenvalue weighted by atomic mass is 16.3. The van der Waals surface area contributed by atoms with E-state index in [4.69, 9.17) is 0 Å². The molecular formula is C11H20O. The summed E-state index contributed by atoms with van der Waals surface area (Å²) in [7, 11) is 0. The van der Waals surface area contributed by atoms with Crippen molar-refractivity contribution in [1.29, 1.82) is 0 Å². The molecular weight excluding hydrogens is 148 g/mol. The van der Waals surface area contributed by atoms with Crippen molar-refractivity contribution in [2.75, 3.05) is 0 Å². The maximum Gasteiger partial charge on any atom is 0.0568 e. The van der Waals surface area contributed by atoms with Gasteiger partial charge >= 0.3 is 0 Å². The van der Waals surface area contributed by atoms with Crippen LogP contribution in [-0.4, -0.2) is 11.2 Å². The fourth-order valence-corrected chi connectivity index (χ4v) is 2.34. The van der Waals surface area contributed by atoms with Crippen LogP contribution >= 0.6 is 0 Å². The second-order valence-electron chi connectivity index (χ2n) is 4.63. The lowest BCUT2D eigenvalue weighted by Gasteiger charge is -2.33. The molecule has 0 amide bonds. The number of aliphatic hydroxyl groups is 1. The molecule has 0 spiro atoms. The van der Waals surface area contributed by atoms with Gasteiger partial charge in [0.2, 0.25) is 0 Å². The Hall–Kier alpha value is -0.0400. The van der Waals surface area contributed by atoms with Gasteiger partial charge in [0.25, 0.3) is 0 Å². The molecule has 0 aromatic rings. The lowest BCUT2D eigenvalue weighted by Crippen LogP contribution is -2.31. The van der Waals surface area contributed by atoms with E-state index in [-0.39, 0.29) is 6.10 Å². The lowest BCUT2D eigenvalue weighted by molar-refractivity contribution is 0.0171. The highest BCUT2D eigenvalue weighted by Crippen LogP contribution is 2.35. The van der Waals surface area contributed by atoms with Gasteiger partial charge in [-0.05, 0) is 31.1 Å². The fourth-order valence-electron chi connectivity index (χ4n) is 2.34. The Morgan fingerprint density at radius 3 is 2.25 bits per heavy atom. The SMILES string of the molecule is OC1CCC1CCCC1CCC1. The molecule has 2 fully saturated rings. The Kier molecular flexibility index (Phi) is 2.69. The first-order valence-electron chi connectivity index (χ1n) is 5.54. The smallest absolute Gasteiger partial charge is 0.0568 e. The Morgan fingerprint density at radius 2 is 1.83 bits per heavy atom. The largest absolute Gasteiger partial charge is 0.393 e. The van der Waals surface area contributed by atoms with Crippen molar-refractivity contribution < 1.29 is 5.11 Å². The van der Waals surface area contributed by atoms with Gasteiger partial charge < -0.3 is 5.11 Å². The molecule has 0 aromatic heterocycles. The average molecular weight is 168 g/mol. The van der Waals surface area contributed by atoms with Crippen LogP contribution in [0.2, 0.25) is 0 Å². The molecule has 0 heterocycles. The molecule has 2 rings (SSSR count). The predicted molar refractivity (Wildman–Crippen MR) is 49.9 cm³/mol. The van der Waals surface area contributed by atoms with Crippen LogP contribution in [0.3, 0.4) is 0 Å². The summed E-state index contributed by atoms with van der Waals surface area (Å²) >= 11 is 0. The highest BCUT2D eigenvalue weighted by Gasteiger charge is 2.28. The minimum Gasteiger partial charge on any atom is -0.393 e. The molecule has 2 unspecified atom stereocenters. The zero-order valence-electron chi connectivity index (χ0n) is 7.84. The second kappa shape index (κ2) is 3.78. The van der Waals surface area contributed by atoms with Gasteiger partial charge in [-0.1, -0.05) is 32.1 Å². The molecule has 1 nitrogen and oxygen atoms in total. The van der Waals surface area contributed by atoms with Crippen LogP contribution in [-0.2, 0) is 0 Å². The monoisotopic (exact) mass is 168 g/mol. The van der Waals surface area contributed by atoms with E-state index in [9.17, 15) is 5.11 Å². The minimum absolute atomic E-state index is 0.0615. The van der Waals surface area contributed by atoms with E-state index in [1.807, 2.05) is 0 Å². The summed E-state index contributed by atoms with van der Waals surface area (Å²) in [4.78, 5) is 0. The quantitative estimate of drug-likeness (QED) is 0.684. The number of rotatable bonds is 4. The summed E-state index contributed by atoms with van der Waals surface area (Å²) in [6.07, 6.45) is 10.9. The number of aliphatic hydroxyl groups excluding tert-OH is 1. The van der Waals surface area contributed by atoms with Crippen LogP contribution < -0.4 is 0 Å². The van der Waals surface area contributed by atoms with Crippen molar-refractivity contribution >= 4 is 0 Å². The molecule has 1 N–H and O–H groups in total. The molecule has 2 saturated carbocycles. The average Bonchev–Trinajstić information content (AvgIpc) is 1.98. The van der Waals surface area contributed by atoms with Crippen molar-refractivity contribution in [3.63, 3.8) is 0 Å². The van der Waals surface area contributed by atoms with E-state index < -0.39 is 0 Å². The van der Waals surface area contributed by atoms with E-state index in [2.05, 4.69) is 0 Å². The summed E-state index contributed by atoms with van der Waals surface area (Å²) in [5.41, 5.74) is 0. The lowest BCUT2D eigenvalue weighted by atomic mass is 9.76. The zero-order chi connectivity index (χ0) is 8.39. The van der Waals surface area contributed by atoms with Crippen molar-refractivity contribution in [2.45, 2.75) is 57.5 Å². The second-order valence-corrected chi connectivity index (χ2v) is 4.63. The first-order valence-corrected chi connectivity index (χ1v) is 5.54. The standard InChI is InChI=1S/C11H20O/c12-11-8-7-10(11)6-2-5-9-3-1-4-9/h9-12H,1-8H2. The molecule has 0 bridgehead atoms. The van der Waals surface area contributed by atoms with Crippen LogP contribution in [0.4, 0.5) is 0 Å². The molecule has 2 aliphatic carbocycles. The normalized spacial score (nSPS) is 35.8. The van der Waals surface area contributed by atoms with Gasteiger partial charge in [0.1, 0.15) is 0 Å².